The van der Waals surface area contributed by atoms with Gasteiger partial charge < -0.3 is 10.2 Å². The lowest BCUT2D eigenvalue weighted by molar-refractivity contribution is -0.133. The molecular formula is C21H23N3O3. The first kappa shape index (κ1) is 17.5. The Labute approximate surface area is 158 Å². The number of urea groups is 1. The molecule has 2 aliphatic rings. The van der Waals surface area contributed by atoms with Gasteiger partial charge in [0.15, 0.2) is 0 Å². The van der Waals surface area contributed by atoms with E-state index in [-0.39, 0.29) is 30.4 Å². The molecule has 2 heterocycles. The fourth-order valence-electron chi connectivity index (χ4n) is 4.09. The van der Waals surface area contributed by atoms with E-state index in [4.69, 9.17) is 0 Å². The average molecular weight is 365 g/mol. The summed E-state index contributed by atoms with van der Waals surface area (Å²) < 4.78 is 0. The Kier molecular flexibility index (Phi) is 4.79. The van der Waals surface area contributed by atoms with Crippen LogP contribution >= 0.6 is 0 Å². The summed E-state index contributed by atoms with van der Waals surface area (Å²) in [6.45, 7) is 1.27. The number of hydrogen-bond donors (Lipinski definition) is 1. The quantitative estimate of drug-likeness (QED) is 0.846. The Morgan fingerprint density at radius 1 is 1.04 bits per heavy atom. The maximum absolute atomic E-state index is 12.6. The Hall–Kier alpha value is -2.89. The van der Waals surface area contributed by atoms with Crippen molar-refractivity contribution < 1.29 is 14.4 Å². The average Bonchev–Trinajstić information content (AvgIpc) is 3.04. The standard InChI is InChI=1S/C21H23N3O3/c25-19(9-8-16-6-3-5-15-4-1-2-7-18(15)16)23-12-10-17(11-13-23)24-20(26)14-22-21(24)27/h1-7,17H,8-14H2,(H,22,27). The van der Waals surface area contributed by atoms with Crippen molar-refractivity contribution in [1.82, 2.24) is 15.1 Å². The third-order valence-corrected chi connectivity index (χ3v) is 5.55. The first-order valence-corrected chi connectivity index (χ1v) is 9.48. The van der Waals surface area contributed by atoms with Crippen LogP contribution in [0.4, 0.5) is 4.79 Å². The lowest BCUT2D eigenvalue weighted by atomic mass is 9.99. The van der Waals surface area contributed by atoms with E-state index in [9.17, 15) is 14.4 Å². The fourth-order valence-corrected chi connectivity index (χ4v) is 4.09. The van der Waals surface area contributed by atoms with E-state index in [1.54, 1.807) is 0 Å². The molecule has 0 radical (unpaired) electrons. The number of amides is 4. The van der Waals surface area contributed by atoms with Crippen molar-refractivity contribution in [3.63, 3.8) is 0 Å². The van der Waals surface area contributed by atoms with Crippen LogP contribution in [-0.4, -0.2) is 53.3 Å². The predicted molar refractivity (Wildman–Crippen MR) is 102 cm³/mol. The molecule has 2 aliphatic heterocycles. The summed E-state index contributed by atoms with van der Waals surface area (Å²) in [5.41, 5.74) is 1.19. The molecule has 0 saturated carbocycles. The van der Waals surface area contributed by atoms with Crippen LogP contribution in [0.15, 0.2) is 42.5 Å². The zero-order valence-corrected chi connectivity index (χ0v) is 15.2. The van der Waals surface area contributed by atoms with Gasteiger partial charge in [-0.25, -0.2) is 4.79 Å². The van der Waals surface area contributed by atoms with Gasteiger partial charge in [-0.15, -0.1) is 0 Å². The number of aryl methyl sites for hydroxylation is 1. The highest BCUT2D eigenvalue weighted by molar-refractivity contribution is 6.02. The molecule has 0 spiro atoms. The number of piperidine rings is 1. The number of nitrogens with one attached hydrogen (secondary N) is 1. The molecule has 0 aromatic heterocycles. The largest absolute Gasteiger partial charge is 0.343 e. The molecule has 4 amide bonds. The first-order valence-electron chi connectivity index (χ1n) is 9.48. The lowest BCUT2D eigenvalue weighted by Crippen LogP contribution is -2.49. The van der Waals surface area contributed by atoms with Crippen LogP contribution in [0.2, 0.25) is 0 Å². The van der Waals surface area contributed by atoms with Gasteiger partial charge >= 0.3 is 6.03 Å². The van der Waals surface area contributed by atoms with Gasteiger partial charge in [0.2, 0.25) is 11.8 Å². The molecule has 0 bridgehead atoms. The van der Waals surface area contributed by atoms with Gasteiger partial charge in [-0.3, -0.25) is 14.5 Å². The number of nitrogens with zero attached hydrogens (tertiary/aromatic N) is 2. The van der Waals surface area contributed by atoms with Gasteiger partial charge in [-0.2, -0.15) is 0 Å². The number of imide groups is 1. The summed E-state index contributed by atoms with van der Waals surface area (Å²) in [6.07, 6.45) is 2.49. The second-order valence-corrected chi connectivity index (χ2v) is 7.17. The summed E-state index contributed by atoms with van der Waals surface area (Å²) >= 11 is 0. The van der Waals surface area contributed by atoms with Crippen molar-refractivity contribution in [2.24, 2.45) is 0 Å². The number of carbonyl (C=O) groups excluding carboxylic acids is 3. The van der Waals surface area contributed by atoms with Gasteiger partial charge in [0.05, 0.1) is 6.54 Å². The van der Waals surface area contributed by atoms with Crippen molar-refractivity contribution >= 4 is 28.6 Å². The number of hydrogen-bond acceptors (Lipinski definition) is 3. The normalized spacial score (nSPS) is 18.2. The molecule has 1 N–H and O–H groups in total. The van der Waals surface area contributed by atoms with Crippen LogP contribution < -0.4 is 5.32 Å². The number of benzene rings is 2. The van der Waals surface area contributed by atoms with Gasteiger partial charge in [-0.1, -0.05) is 42.5 Å². The van der Waals surface area contributed by atoms with E-state index in [1.165, 1.54) is 21.2 Å². The van der Waals surface area contributed by atoms with Crippen molar-refractivity contribution in [3.8, 4) is 0 Å². The van der Waals surface area contributed by atoms with Crippen LogP contribution in [0.5, 0.6) is 0 Å². The third kappa shape index (κ3) is 3.52. The molecule has 2 saturated heterocycles. The van der Waals surface area contributed by atoms with Crippen LogP contribution in [0.25, 0.3) is 10.8 Å². The number of rotatable bonds is 4. The molecule has 0 atom stereocenters. The highest BCUT2D eigenvalue weighted by Gasteiger charge is 2.37. The number of likely N-dealkylation sites (tertiary alicyclic amines) is 1. The van der Waals surface area contributed by atoms with Gasteiger partial charge in [-0.05, 0) is 35.6 Å². The van der Waals surface area contributed by atoms with E-state index in [0.29, 0.717) is 38.8 Å². The molecule has 27 heavy (non-hydrogen) atoms. The highest BCUT2D eigenvalue weighted by atomic mass is 16.2. The minimum atomic E-state index is -0.305. The van der Waals surface area contributed by atoms with Crippen LogP contribution in [0, 0.1) is 0 Å². The molecule has 2 fully saturated rings. The van der Waals surface area contributed by atoms with Gasteiger partial charge in [0.25, 0.3) is 0 Å². The molecule has 6 heteroatoms. The van der Waals surface area contributed by atoms with E-state index >= 15 is 0 Å². The molecule has 6 nitrogen and oxygen atoms in total. The number of fused-ring (bicyclic) bond motifs is 1. The van der Waals surface area contributed by atoms with E-state index < -0.39 is 0 Å². The number of carbonyl (C=O) groups is 3. The SMILES string of the molecule is O=C(CCc1cccc2ccccc12)N1CCC(N2C(=O)CNC2=O)CC1. The Morgan fingerprint density at radius 3 is 2.52 bits per heavy atom. The monoisotopic (exact) mass is 365 g/mol. The minimum Gasteiger partial charge on any atom is -0.343 e. The van der Waals surface area contributed by atoms with Crippen LogP contribution in [0.3, 0.4) is 0 Å². The summed E-state index contributed by atoms with van der Waals surface area (Å²) in [5, 5.41) is 4.95. The molecular weight excluding hydrogens is 342 g/mol. The Balaban J connectivity index is 1.33. The van der Waals surface area contributed by atoms with Crippen molar-refractivity contribution in [2.75, 3.05) is 19.6 Å². The van der Waals surface area contributed by atoms with E-state index in [1.807, 2.05) is 23.1 Å². The molecule has 4 rings (SSSR count). The molecule has 2 aromatic carbocycles. The predicted octanol–water partition coefficient (Wildman–Crippen LogP) is 2.32. The topological polar surface area (TPSA) is 69.7 Å². The lowest BCUT2D eigenvalue weighted by Gasteiger charge is -2.35. The second-order valence-electron chi connectivity index (χ2n) is 7.17. The van der Waals surface area contributed by atoms with Crippen LogP contribution in [0.1, 0.15) is 24.8 Å². The van der Waals surface area contributed by atoms with E-state index in [0.717, 1.165) is 0 Å². The Bertz CT molecular complexity index is 866. The molecule has 2 aromatic rings. The van der Waals surface area contributed by atoms with Gasteiger partial charge in [0.1, 0.15) is 0 Å². The van der Waals surface area contributed by atoms with Crippen molar-refractivity contribution in [2.45, 2.75) is 31.7 Å². The minimum absolute atomic E-state index is 0.0863. The maximum Gasteiger partial charge on any atom is 0.324 e. The molecule has 0 aliphatic carbocycles. The van der Waals surface area contributed by atoms with Gasteiger partial charge in [0, 0.05) is 25.6 Å². The zero-order chi connectivity index (χ0) is 18.8. The molecule has 0 unspecified atom stereocenters. The zero-order valence-electron chi connectivity index (χ0n) is 15.2. The van der Waals surface area contributed by atoms with Crippen molar-refractivity contribution in [3.05, 3.63) is 48.0 Å². The summed E-state index contributed by atoms with van der Waals surface area (Å²) in [5.74, 6) is -0.0284. The Morgan fingerprint density at radius 2 is 1.78 bits per heavy atom. The summed E-state index contributed by atoms with van der Waals surface area (Å²) in [6, 6.07) is 14.0. The maximum atomic E-state index is 12.6. The second kappa shape index (κ2) is 7.39. The highest BCUT2D eigenvalue weighted by Crippen LogP contribution is 2.22. The first-order chi connectivity index (χ1) is 13.1. The molecule has 140 valence electrons. The fraction of sp³-hybridized carbons (Fsp3) is 0.381. The smallest absolute Gasteiger partial charge is 0.324 e. The summed E-state index contributed by atoms with van der Waals surface area (Å²) in [7, 11) is 0. The third-order valence-electron chi connectivity index (χ3n) is 5.55. The van der Waals surface area contributed by atoms with Crippen LogP contribution in [-0.2, 0) is 16.0 Å². The van der Waals surface area contributed by atoms with E-state index in [2.05, 4.69) is 29.6 Å². The van der Waals surface area contributed by atoms with Crippen molar-refractivity contribution in [1.29, 1.82) is 0 Å². The summed E-state index contributed by atoms with van der Waals surface area (Å²) in [4.78, 5) is 39.4.